The monoisotopic (exact) mass is 405 g/mol. The predicted octanol–water partition coefficient (Wildman–Crippen LogP) is 3.22. The lowest BCUT2D eigenvalue weighted by atomic mass is 10.2. The molecule has 0 bridgehead atoms. The fourth-order valence-electron chi connectivity index (χ4n) is 3.60. The van der Waals surface area contributed by atoms with Gasteiger partial charge in [-0.25, -0.2) is 19.3 Å². The molecule has 5 rings (SSSR count). The Morgan fingerprint density at radius 2 is 1.83 bits per heavy atom. The Hall–Kier alpha value is -3.52. The summed E-state index contributed by atoms with van der Waals surface area (Å²) in [4.78, 5) is 16.3. The third-order valence-electron chi connectivity index (χ3n) is 5.13. The summed E-state index contributed by atoms with van der Waals surface area (Å²) in [5.41, 5.74) is 3.07. The van der Waals surface area contributed by atoms with Gasteiger partial charge >= 0.3 is 0 Å². The van der Waals surface area contributed by atoms with Crippen molar-refractivity contribution in [2.75, 3.05) is 31.2 Å². The molecule has 2 aromatic carbocycles. The first kappa shape index (κ1) is 18.5. The van der Waals surface area contributed by atoms with Crippen LogP contribution in [0.4, 0.5) is 10.2 Å². The summed E-state index contributed by atoms with van der Waals surface area (Å²) in [7, 11) is 0. The van der Waals surface area contributed by atoms with Gasteiger partial charge in [-0.2, -0.15) is 0 Å². The average molecular weight is 405 g/mol. The van der Waals surface area contributed by atoms with Gasteiger partial charge in [0.25, 0.3) is 0 Å². The van der Waals surface area contributed by atoms with Crippen molar-refractivity contribution in [3.8, 4) is 17.1 Å². The van der Waals surface area contributed by atoms with Crippen molar-refractivity contribution in [2.45, 2.75) is 6.54 Å². The molecule has 0 atom stereocenters. The molecule has 0 unspecified atom stereocenters. The molecule has 7 nitrogen and oxygen atoms in total. The molecule has 30 heavy (non-hydrogen) atoms. The number of imidazole rings is 1. The first-order valence-electron chi connectivity index (χ1n) is 9.77. The number of morpholine rings is 1. The second-order valence-electron chi connectivity index (χ2n) is 7.19. The number of phenols is 1. The summed E-state index contributed by atoms with van der Waals surface area (Å²) in [6.07, 6.45) is 1.74. The number of fused-ring (bicyclic) bond motifs is 1. The minimum absolute atomic E-state index is 0.156. The molecule has 0 aliphatic carbocycles. The molecule has 152 valence electrons. The molecule has 4 aromatic rings. The van der Waals surface area contributed by atoms with E-state index in [1.54, 1.807) is 36.7 Å². The van der Waals surface area contributed by atoms with Crippen LogP contribution in [0.5, 0.6) is 5.75 Å². The Labute approximate surface area is 172 Å². The van der Waals surface area contributed by atoms with E-state index in [0.29, 0.717) is 36.7 Å². The van der Waals surface area contributed by atoms with E-state index in [0.717, 1.165) is 30.0 Å². The minimum atomic E-state index is -0.266. The van der Waals surface area contributed by atoms with Crippen molar-refractivity contribution in [1.29, 1.82) is 0 Å². The second-order valence-corrected chi connectivity index (χ2v) is 7.19. The molecule has 0 spiro atoms. The predicted molar refractivity (Wildman–Crippen MR) is 111 cm³/mol. The maximum absolute atomic E-state index is 13.3. The van der Waals surface area contributed by atoms with Crippen LogP contribution in [-0.4, -0.2) is 50.9 Å². The molecule has 1 saturated heterocycles. The van der Waals surface area contributed by atoms with Crippen LogP contribution in [0, 0.1) is 5.82 Å². The van der Waals surface area contributed by atoms with Gasteiger partial charge in [0.1, 0.15) is 11.6 Å². The Bertz CT molecular complexity index is 1190. The highest BCUT2D eigenvalue weighted by Gasteiger charge is 2.21. The number of aromatic nitrogens is 4. The van der Waals surface area contributed by atoms with Gasteiger partial charge in [0.2, 0.25) is 0 Å². The molecule has 1 fully saturated rings. The van der Waals surface area contributed by atoms with Gasteiger partial charge in [-0.15, -0.1) is 0 Å². The van der Waals surface area contributed by atoms with Gasteiger partial charge in [-0.05, 0) is 29.8 Å². The van der Waals surface area contributed by atoms with E-state index in [1.165, 1.54) is 12.1 Å². The number of phenolic OH excluding ortho intramolecular Hbond substituents is 1. The van der Waals surface area contributed by atoms with E-state index < -0.39 is 0 Å². The molecule has 0 amide bonds. The van der Waals surface area contributed by atoms with Crippen LogP contribution >= 0.6 is 0 Å². The van der Waals surface area contributed by atoms with E-state index in [9.17, 15) is 9.50 Å². The van der Waals surface area contributed by atoms with Gasteiger partial charge < -0.3 is 19.3 Å². The van der Waals surface area contributed by atoms with E-state index in [2.05, 4.69) is 9.88 Å². The number of halogens is 1. The molecule has 2 aromatic heterocycles. The fourth-order valence-corrected chi connectivity index (χ4v) is 3.60. The number of hydrogen-bond donors (Lipinski definition) is 1. The Morgan fingerprint density at radius 1 is 1.03 bits per heavy atom. The van der Waals surface area contributed by atoms with E-state index in [4.69, 9.17) is 14.7 Å². The SMILES string of the molecule is Oc1cccc(-c2nc(N3CCOCC3)c3ncn(Cc4ccc(F)cc4)c3n2)c1. The number of rotatable bonds is 4. The number of anilines is 1. The summed E-state index contributed by atoms with van der Waals surface area (Å²) in [5.74, 6) is 1.15. The van der Waals surface area contributed by atoms with Crippen LogP contribution in [0.15, 0.2) is 54.9 Å². The van der Waals surface area contributed by atoms with Crippen molar-refractivity contribution >= 4 is 17.0 Å². The summed E-state index contributed by atoms with van der Waals surface area (Å²) in [5, 5.41) is 9.91. The van der Waals surface area contributed by atoms with Crippen molar-refractivity contribution < 1.29 is 14.2 Å². The molecule has 3 heterocycles. The maximum Gasteiger partial charge on any atom is 0.166 e. The van der Waals surface area contributed by atoms with Crippen molar-refractivity contribution in [1.82, 2.24) is 19.5 Å². The van der Waals surface area contributed by atoms with Crippen LogP contribution in [0.25, 0.3) is 22.6 Å². The lowest BCUT2D eigenvalue weighted by Gasteiger charge is -2.28. The standard InChI is InChI=1S/C22H20FN5O2/c23-17-6-4-15(5-7-17)13-28-14-24-19-21(27-8-10-30-11-9-27)25-20(26-22(19)28)16-2-1-3-18(29)12-16/h1-7,12,14,29H,8-11,13H2. The van der Waals surface area contributed by atoms with Crippen LogP contribution in [0.2, 0.25) is 0 Å². The Morgan fingerprint density at radius 3 is 2.60 bits per heavy atom. The minimum Gasteiger partial charge on any atom is -0.508 e. The van der Waals surface area contributed by atoms with Gasteiger partial charge in [-0.3, -0.25) is 0 Å². The molecular formula is C22H20FN5O2. The van der Waals surface area contributed by atoms with E-state index >= 15 is 0 Å². The number of aromatic hydroxyl groups is 1. The van der Waals surface area contributed by atoms with Crippen LogP contribution in [-0.2, 0) is 11.3 Å². The van der Waals surface area contributed by atoms with E-state index in [-0.39, 0.29) is 11.6 Å². The smallest absolute Gasteiger partial charge is 0.166 e. The molecule has 1 aliphatic heterocycles. The Kier molecular flexibility index (Phi) is 4.76. The van der Waals surface area contributed by atoms with Crippen LogP contribution in [0.3, 0.4) is 0 Å². The molecular weight excluding hydrogens is 385 g/mol. The van der Waals surface area contributed by atoms with Crippen molar-refractivity contribution in [2.24, 2.45) is 0 Å². The van der Waals surface area contributed by atoms with Gasteiger partial charge in [0.05, 0.1) is 26.1 Å². The lowest BCUT2D eigenvalue weighted by molar-refractivity contribution is 0.122. The first-order chi connectivity index (χ1) is 14.7. The van der Waals surface area contributed by atoms with Gasteiger partial charge in [0, 0.05) is 18.7 Å². The molecule has 1 aliphatic rings. The first-order valence-corrected chi connectivity index (χ1v) is 9.77. The molecule has 0 radical (unpaired) electrons. The number of nitrogens with zero attached hydrogens (tertiary/aromatic N) is 5. The van der Waals surface area contributed by atoms with Crippen molar-refractivity contribution in [3.63, 3.8) is 0 Å². The highest BCUT2D eigenvalue weighted by atomic mass is 19.1. The fraction of sp³-hybridized carbons (Fsp3) is 0.227. The largest absolute Gasteiger partial charge is 0.508 e. The normalized spacial score (nSPS) is 14.4. The zero-order valence-corrected chi connectivity index (χ0v) is 16.2. The van der Waals surface area contributed by atoms with Crippen LogP contribution in [0.1, 0.15) is 5.56 Å². The average Bonchev–Trinajstić information content (AvgIpc) is 3.18. The number of hydrogen-bond acceptors (Lipinski definition) is 6. The third-order valence-corrected chi connectivity index (χ3v) is 5.13. The quantitative estimate of drug-likeness (QED) is 0.562. The molecule has 8 heteroatoms. The summed E-state index contributed by atoms with van der Waals surface area (Å²) in [6, 6.07) is 13.3. The van der Waals surface area contributed by atoms with Crippen molar-refractivity contribution in [3.05, 3.63) is 66.2 Å². The summed E-state index contributed by atoms with van der Waals surface area (Å²) < 4.78 is 20.7. The van der Waals surface area contributed by atoms with Gasteiger partial charge in [0.15, 0.2) is 22.8 Å². The Balaban J connectivity index is 1.63. The molecule has 0 saturated carbocycles. The zero-order chi connectivity index (χ0) is 20.5. The highest BCUT2D eigenvalue weighted by Crippen LogP contribution is 2.29. The maximum atomic E-state index is 13.3. The zero-order valence-electron chi connectivity index (χ0n) is 16.2. The summed E-state index contributed by atoms with van der Waals surface area (Å²) in [6.45, 7) is 3.20. The summed E-state index contributed by atoms with van der Waals surface area (Å²) >= 11 is 0. The third kappa shape index (κ3) is 3.57. The number of ether oxygens (including phenoxy) is 1. The van der Waals surface area contributed by atoms with Crippen LogP contribution < -0.4 is 4.90 Å². The van der Waals surface area contributed by atoms with E-state index in [1.807, 2.05) is 10.6 Å². The second kappa shape index (κ2) is 7.72. The topological polar surface area (TPSA) is 76.3 Å². The van der Waals surface area contributed by atoms with Gasteiger partial charge in [-0.1, -0.05) is 24.3 Å². The highest BCUT2D eigenvalue weighted by molar-refractivity contribution is 5.86. The number of benzene rings is 2. The lowest BCUT2D eigenvalue weighted by Crippen LogP contribution is -2.37. The molecule has 1 N–H and O–H groups in total.